The number of carbonyl (C=O) groups is 1. The van der Waals surface area contributed by atoms with Gasteiger partial charge >= 0.3 is 0 Å². The maximum absolute atomic E-state index is 11.7. The molecule has 2 heteroatoms. The Kier molecular flexibility index (Phi) is 3.06. The van der Waals surface area contributed by atoms with E-state index in [2.05, 4.69) is 13.0 Å². The zero-order chi connectivity index (χ0) is 10.8. The molecule has 0 aromatic carbocycles. The van der Waals surface area contributed by atoms with E-state index in [4.69, 9.17) is 4.74 Å². The summed E-state index contributed by atoms with van der Waals surface area (Å²) in [5, 5.41) is 0. The number of hydrogen-bond donors (Lipinski definition) is 0. The summed E-state index contributed by atoms with van der Waals surface area (Å²) in [6.07, 6.45) is 9.00. The lowest BCUT2D eigenvalue weighted by Crippen LogP contribution is -2.38. The summed E-state index contributed by atoms with van der Waals surface area (Å²) in [6, 6.07) is 0. The average Bonchev–Trinajstić information content (AvgIpc) is 2.23. The van der Waals surface area contributed by atoms with Crippen molar-refractivity contribution >= 4 is 5.78 Å². The van der Waals surface area contributed by atoms with E-state index in [9.17, 15) is 4.79 Å². The number of ketones is 1. The Morgan fingerprint density at radius 1 is 1.47 bits per heavy atom. The van der Waals surface area contributed by atoms with Gasteiger partial charge in [0.2, 0.25) is 0 Å². The van der Waals surface area contributed by atoms with E-state index in [1.807, 2.05) is 13.0 Å². The topological polar surface area (TPSA) is 26.3 Å². The van der Waals surface area contributed by atoms with Crippen molar-refractivity contribution in [1.29, 1.82) is 0 Å². The third-order valence-electron chi connectivity index (χ3n) is 3.31. The highest BCUT2D eigenvalue weighted by Gasteiger charge is 2.32. The number of carbonyl (C=O) groups excluding carboxylic acids is 1. The second-order valence-corrected chi connectivity index (χ2v) is 4.51. The van der Waals surface area contributed by atoms with Crippen LogP contribution in [0.25, 0.3) is 0 Å². The molecule has 0 aromatic rings. The summed E-state index contributed by atoms with van der Waals surface area (Å²) in [7, 11) is 0. The molecule has 0 aromatic heterocycles. The number of hydrogen-bond acceptors (Lipinski definition) is 2. The van der Waals surface area contributed by atoms with Crippen LogP contribution in [-0.4, -0.2) is 18.0 Å². The lowest BCUT2D eigenvalue weighted by atomic mass is 9.82. The number of ether oxygens (including phenoxy) is 1. The summed E-state index contributed by atoms with van der Waals surface area (Å²) in [6.45, 7) is 4.10. The Morgan fingerprint density at radius 3 is 3.00 bits per heavy atom. The van der Waals surface area contributed by atoms with Gasteiger partial charge in [-0.1, -0.05) is 17.7 Å². The first kappa shape index (κ1) is 10.6. The predicted octanol–water partition coefficient (Wildman–Crippen LogP) is 2.65. The fourth-order valence-corrected chi connectivity index (χ4v) is 2.40. The van der Waals surface area contributed by atoms with Crippen LogP contribution in [0.4, 0.5) is 0 Å². The number of allylic oxidation sites excluding steroid dienone is 1. The number of rotatable bonds is 1. The molecule has 3 atom stereocenters. The van der Waals surface area contributed by atoms with Gasteiger partial charge in [0.1, 0.15) is 6.10 Å². The van der Waals surface area contributed by atoms with Crippen LogP contribution in [-0.2, 0) is 9.53 Å². The second-order valence-electron chi connectivity index (χ2n) is 4.51. The van der Waals surface area contributed by atoms with E-state index in [0.29, 0.717) is 5.92 Å². The molecule has 2 rings (SSSR count). The first-order valence-corrected chi connectivity index (χ1v) is 5.72. The maximum atomic E-state index is 11.7. The largest absolute Gasteiger partial charge is 0.362 e. The minimum atomic E-state index is -0.235. The third-order valence-corrected chi connectivity index (χ3v) is 3.31. The Labute approximate surface area is 91.0 Å². The summed E-state index contributed by atoms with van der Waals surface area (Å²) >= 11 is 0. The monoisotopic (exact) mass is 206 g/mol. The van der Waals surface area contributed by atoms with Crippen molar-refractivity contribution < 1.29 is 9.53 Å². The molecule has 2 aliphatic rings. The van der Waals surface area contributed by atoms with Gasteiger partial charge in [0.25, 0.3) is 0 Å². The lowest BCUT2D eigenvalue weighted by Gasteiger charge is -2.32. The standard InChI is InChI=1S/C13H18O2/c1-9-5-3-4-6-11(9)13-12(14)8-7-10(2)15-13/h5,7-8,10-11,13H,3-4,6H2,1-2H3. The first-order valence-electron chi connectivity index (χ1n) is 5.72. The lowest BCUT2D eigenvalue weighted by molar-refractivity contribution is -0.132. The summed E-state index contributed by atoms with van der Waals surface area (Å²) in [5.74, 6) is 0.436. The van der Waals surface area contributed by atoms with Crippen LogP contribution in [0.2, 0.25) is 0 Å². The van der Waals surface area contributed by atoms with Gasteiger partial charge in [0.15, 0.2) is 5.78 Å². The van der Waals surface area contributed by atoms with Crippen LogP contribution in [0.3, 0.4) is 0 Å². The van der Waals surface area contributed by atoms with Crippen LogP contribution in [0.1, 0.15) is 33.1 Å². The Bertz CT molecular complexity index is 314. The molecular formula is C13H18O2. The molecule has 0 bridgehead atoms. The SMILES string of the molecule is CC1=CCCCC1C1OC(C)C=CC1=O. The average molecular weight is 206 g/mol. The van der Waals surface area contributed by atoms with Gasteiger partial charge < -0.3 is 4.74 Å². The smallest absolute Gasteiger partial charge is 0.184 e. The Morgan fingerprint density at radius 2 is 2.27 bits per heavy atom. The fraction of sp³-hybridized carbons (Fsp3) is 0.615. The molecular weight excluding hydrogens is 188 g/mol. The normalized spacial score (nSPS) is 36.5. The summed E-state index contributed by atoms with van der Waals surface area (Å²) in [4.78, 5) is 11.7. The van der Waals surface area contributed by atoms with Crippen LogP contribution in [0, 0.1) is 5.92 Å². The Balaban J connectivity index is 2.16. The van der Waals surface area contributed by atoms with Crippen molar-refractivity contribution in [3.63, 3.8) is 0 Å². The molecule has 0 saturated carbocycles. The van der Waals surface area contributed by atoms with Gasteiger partial charge in [-0.3, -0.25) is 4.79 Å². The van der Waals surface area contributed by atoms with Gasteiger partial charge in [-0.15, -0.1) is 0 Å². The predicted molar refractivity (Wildman–Crippen MR) is 59.6 cm³/mol. The molecule has 0 radical (unpaired) electrons. The van der Waals surface area contributed by atoms with Crippen molar-refractivity contribution in [2.45, 2.75) is 45.3 Å². The molecule has 1 heterocycles. The minimum Gasteiger partial charge on any atom is -0.362 e. The molecule has 0 spiro atoms. The van der Waals surface area contributed by atoms with E-state index in [1.165, 1.54) is 12.0 Å². The Hall–Kier alpha value is -0.890. The van der Waals surface area contributed by atoms with Crippen LogP contribution in [0.15, 0.2) is 23.8 Å². The van der Waals surface area contributed by atoms with Crippen molar-refractivity contribution in [3.8, 4) is 0 Å². The van der Waals surface area contributed by atoms with E-state index in [0.717, 1.165) is 12.8 Å². The van der Waals surface area contributed by atoms with Crippen molar-refractivity contribution in [1.82, 2.24) is 0 Å². The molecule has 0 N–H and O–H groups in total. The molecule has 3 unspecified atom stereocenters. The zero-order valence-corrected chi connectivity index (χ0v) is 9.40. The molecule has 0 fully saturated rings. The van der Waals surface area contributed by atoms with E-state index in [1.54, 1.807) is 6.08 Å². The summed E-state index contributed by atoms with van der Waals surface area (Å²) < 4.78 is 5.73. The molecule has 0 saturated heterocycles. The zero-order valence-electron chi connectivity index (χ0n) is 9.40. The molecule has 0 amide bonds. The molecule has 82 valence electrons. The quantitative estimate of drug-likeness (QED) is 0.616. The van der Waals surface area contributed by atoms with E-state index in [-0.39, 0.29) is 18.0 Å². The van der Waals surface area contributed by atoms with Crippen LogP contribution >= 0.6 is 0 Å². The molecule has 1 aliphatic heterocycles. The second kappa shape index (κ2) is 4.31. The van der Waals surface area contributed by atoms with Crippen molar-refractivity contribution in [2.75, 3.05) is 0 Å². The highest BCUT2D eigenvalue weighted by Crippen LogP contribution is 2.31. The van der Waals surface area contributed by atoms with Gasteiger partial charge in [-0.05, 0) is 39.2 Å². The highest BCUT2D eigenvalue weighted by atomic mass is 16.5. The van der Waals surface area contributed by atoms with E-state index < -0.39 is 0 Å². The van der Waals surface area contributed by atoms with Gasteiger partial charge in [-0.2, -0.15) is 0 Å². The molecule has 1 aliphatic carbocycles. The van der Waals surface area contributed by atoms with Gasteiger partial charge in [0.05, 0.1) is 6.10 Å². The maximum Gasteiger partial charge on any atom is 0.184 e. The minimum absolute atomic E-state index is 0.0717. The van der Waals surface area contributed by atoms with Crippen molar-refractivity contribution in [2.24, 2.45) is 5.92 Å². The first-order chi connectivity index (χ1) is 7.18. The van der Waals surface area contributed by atoms with Gasteiger partial charge in [-0.25, -0.2) is 0 Å². The highest BCUT2D eigenvalue weighted by molar-refractivity contribution is 5.94. The fourth-order valence-electron chi connectivity index (χ4n) is 2.40. The third kappa shape index (κ3) is 2.20. The van der Waals surface area contributed by atoms with Crippen LogP contribution in [0.5, 0.6) is 0 Å². The van der Waals surface area contributed by atoms with Gasteiger partial charge in [0, 0.05) is 5.92 Å². The molecule has 15 heavy (non-hydrogen) atoms. The molecule has 2 nitrogen and oxygen atoms in total. The van der Waals surface area contributed by atoms with Crippen LogP contribution < -0.4 is 0 Å². The summed E-state index contributed by atoms with van der Waals surface area (Å²) in [5.41, 5.74) is 1.32. The van der Waals surface area contributed by atoms with E-state index >= 15 is 0 Å². The van der Waals surface area contributed by atoms with Crippen molar-refractivity contribution in [3.05, 3.63) is 23.8 Å².